The number of aromatic nitrogens is 1. The zero-order valence-corrected chi connectivity index (χ0v) is 21.6. The van der Waals surface area contributed by atoms with Gasteiger partial charge in [-0.25, -0.2) is 4.79 Å². The third-order valence-corrected chi connectivity index (χ3v) is 6.81. The van der Waals surface area contributed by atoms with Crippen molar-refractivity contribution in [3.63, 3.8) is 0 Å². The maximum absolute atomic E-state index is 13.2. The number of nitrogens with two attached hydrogens (primary N) is 2. The number of para-hydroxylation sites is 1. The number of aliphatic carboxylic acids is 1. The topological polar surface area (TPSA) is 201 Å². The number of carboxylic acids is 1. The van der Waals surface area contributed by atoms with E-state index in [1.54, 1.807) is 20.0 Å². The molecule has 3 rings (SSSR count). The molecule has 1 aliphatic rings. The zero-order chi connectivity index (χ0) is 28.0. The Labute approximate surface area is 220 Å². The van der Waals surface area contributed by atoms with Crippen LogP contribution in [0.3, 0.4) is 0 Å². The highest BCUT2D eigenvalue weighted by molar-refractivity contribution is 5.95. The van der Waals surface area contributed by atoms with Crippen LogP contribution in [-0.4, -0.2) is 75.3 Å². The predicted octanol–water partition coefficient (Wildman–Crippen LogP) is 0.00440. The molecule has 4 atom stereocenters. The standard InChI is InChI=1S/C26H36N6O6/c1-14(2)22(31-23(34)17(27)12-15-13-29-18-7-4-3-6-16(15)18)24(35)30-19(9-10-21(28)33)25(36)32-11-5-8-20(32)26(37)38/h3-4,6-7,13-14,17,19-20,22,29H,5,8-12,27H2,1-2H3,(H2,28,33)(H,30,35)(H,31,34)(H,37,38). The summed E-state index contributed by atoms with van der Waals surface area (Å²) in [4.78, 5) is 66.7. The molecular formula is C26H36N6O6. The maximum Gasteiger partial charge on any atom is 0.326 e. The zero-order valence-electron chi connectivity index (χ0n) is 21.6. The first-order valence-electron chi connectivity index (χ1n) is 12.7. The van der Waals surface area contributed by atoms with Crippen LogP contribution in [0.1, 0.15) is 45.1 Å². The minimum Gasteiger partial charge on any atom is -0.480 e. The average Bonchev–Trinajstić information content (AvgIpc) is 3.52. The summed E-state index contributed by atoms with van der Waals surface area (Å²) in [5, 5.41) is 15.7. The second-order valence-corrected chi connectivity index (χ2v) is 9.99. The number of nitrogens with one attached hydrogen (secondary N) is 3. The molecule has 0 saturated carbocycles. The van der Waals surface area contributed by atoms with Gasteiger partial charge in [0, 0.05) is 30.1 Å². The van der Waals surface area contributed by atoms with Gasteiger partial charge in [-0.1, -0.05) is 32.0 Å². The van der Waals surface area contributed by atoms with E-state index in [0.29, 0.717) is 12.8 Å². The molecule has 1 aliphatic heterocycles. The van der Waals surface area contributed by atoms with Crippen LogP contribution >= 0.6 is 0 Å². The van der Waals surface area contributed by atoms with Crippen LogP contribution in [0.5, 0.6) is 0 Å². The van der Waals surface area contributed by atoms with E-state index >= 15 is 0 Å². The van der Waals surface area contributed by atoms with Crippen molar-refractivity contribution in [2.24, 2.45) is 17.4 Å². The van der Waals surface area contributed by atoms with Crippen molar-refractivity contribution in [3.05, 3.63) is 36.0 Å². The lowest BCUT2D eigenvalue weighted by atomic mass is 10.00. The number of hydrogen-bond donors (Lipinski definition) is 6. The van der Waals surface area contributed by atoms with Gasteiger partial charge in [0.15, 0.2) is 0 Å². The van der Waals surface area contributed by atoms with Gasteiger partial charge in [-0.05, 0) is 43.2 Å². The lowest BCUT2D eigenvalue weighted by Crippen LogP contribution is -2.58. The second kappa shape index (κ2) is 12.5. The van der Waals surface area contributed by atoms with Crippen molar-refractivity contribution in [1.82, 2.24) is 20.5 Å². The number of likely N-dealkylation sites (tertiary alicyclic amines) is 1. The summed E-state index contributed by atoms with van der Waals surface area (Å²) in [6, 6.07) is 3.50. The number of carbonyl (C=O) groups excluding carboxylic acids is 4. The van der Waals surface area contributed by atoms with Gasteiger partial charge >= 0.3 is 5.97 Å². The first-order valence-corrected chi connectivity index (χ1v) is 12.7. The Morgan fingerprint density at radius 1 is 1.13 bits per heavy atom. The molecule has 0 bridgehead atoms. The molecule has 4 unspecified atom stereocenters. The third-order valence-electron chi connectivity index (χ3n) is 6.81. The van der Waals surface area contributed by atoms with Gasteiger partial charge in [-0.15, -0.1) is 0 Å². The molecular weight excluding hydrogens is 492 g/mol. The van der Waals surface area contributed by atoms with E-state index in [9.17, 15) is 29.1 Å². The van der Waals surface area contributed by atoms with Crippen LogP contribution in [0.15, 0.2) is 30.5 Å². The van der Waals surface area contributed by atoms with E-state index in [4.69, 9.17) is 11.5 Å². The molecule has 0 spiro atoms. The number of benzene rings is 1. The second-order valence-electron chi connectivity index (χ2n) is 9.99. The SMILES string of the molecule is CC(C)C(NC(=O)C(N)Cc1c[nH]c2ccccc12)C(=O)NC(CCC(N)=O)C(=O)N1CCCC1C(=O)O. The molecule has 8 N–H and O–H groups in total. The van der Waals surface area contributed by atoms with Crippen molar-refractivity contribution in [2.45, 2.75) is 70.1 Å². The summed E-state index contributed by atoms with van der Waals surface area (Å²) in [6.07, 6.45) is 2.57. The van der Waals surface area contributed by atoms with Gasteiger partial charge in [0.1, 0.15) is 18.1 Å². The summed E-state index contributed by atoms with van der Waals surface area (Å²) in [6.45, 7) is 3.69. The number of aromatic amines is 1. The number of nitrogens with zero attached hydrogens (tertiary/aromatic N) is 1. The summed E-state index contributed by atoms with van der Waals surface area (Å²) >= 11 is 0. The van der Waals surface area contributed by atoms with Crippen LogP contribution in [0.4, 0.5) is 0 Å². The normalized spacial score (nSPS) is 17.7. The van der Waals surface area contributed by atoms with Gasteiger partial charge < -0.3 is 37.1 Å². The highest BCUT2D eigenvalue weighted by atomic mass is 16.4. The summed E-state index contributed by atoms with van der Waals surface area (Å²) in [5.74, 6) is -3.92. The Hall–Kier alpha value is -3.93. The lowest BCUT2D eigenvalue weighted by Gasteiger charge is -2.29. The van der Waals surface area contributed by atoms with Crippen molar-refractivity contribution < 1.29 is 29.1 Å². The number of H-pyrrole nitrogens is 1. The Kier molecular flexibility index (Phi) is 9.45. The molecule has 38 heavy (non-hydrogen) atoms. The number of amides is 4. The van der Waals surface area contributed by atoms with E-state index in [1.165, 1.54) is 4.90 Å². The number of carbonyl (C=O) groups is 5. The van der Waals surface area contributed by atoms with E-state index < -0.39 is 53.8 Å². The largest absolute Gasteiger partial charge is 0.480 e. The van der Waals surface area contributed by atoms with Gasteiger partial charge in [-0.3, -0.25) is 19.2 Å². The fourth-order valence-electron chi connectivity index (χ4n) is 4.72. The van der Waals surface area contributed by atoms with Crippen molar-refractivity contribution in [3.8, 4) is 0 Å². The van der Waals surface area contributed by atoms with Gasteiger partial charge in [-0.2, -0.15) is 0 Å². The Bertz CT molecular complexity index is 1190. The molecule has 1 fully saturated rings. The minimum absolute atomic E-state index is 0.0956. The highest BCUT2D eigenvalue weighted by Gasteiger charge is 2.38. The van der Waals surface area contributed by atoms with E-state index in [0.717, 1.165) is 16.5 Å². The highest BCUT2D eigenvalue weighted by Crippen LogP contribution is 2.21. The fourth-order valence-corrected chi connectivity index (χ4v) is 4.72. The number of rotatable bonds is 12. The Balaban J connectivity index is 1.70. The predicted molar refractivity (Wildman–Crippen MR) is 139 cm³/mol. The molecule has 1 aromatic carbocycles. The molecule has 2 heterocycles. The molecule has 12 heteroatoms. The number of hydrogen-bond acceptors (Lipinski definition) is 6. The molecule has 0 aliphatic carbocycles. The Morgan fingerprint density at radius 2 is 1.84 bits per heavy atom. The van der Waals surface area contributed by atoms with Crippen LogP contribution in [0, 0.1) is 5.92 Å². The van der Waals surface area contributed by atoms with Crippen LogP contribution in [0.25, 0.3) is 10.9 Å². The van der Waals surface area contributed by atoms with Crippen LogP contribution in [-0.2, 0) is 30.4 Å². The summed E-state index contributed by atoms with van der Waals surface area (Å²) in [7, 11) is 0. The van der Waals surface area contributed by atoms with Gasteiger partial charge in [0.05, 0.1) is 6.04 Å². The van der Waals surface area contributed by atoms with Crippen LogP contribution < -0.4 is 22.1 Å². The smallest absolute Gasteiger partial charge is 0.326 e. The maximum atomic E-state index is 13.2. The first-order chi connectivity index (χ1) is 18.0. The molecule has 1 saturated heterocycles. The summed E-state index contributed by atoms with van der Waals surface area (Å²) < 4.78 is 0. The molecule has 206 valence electrons. The molecule has 4 amide bonds. The summed E-state index contributed by atoms with van der Waals surface area (Å²) in [5.41, 5.74) is 13.2. The number of carboxylic acid groups (broad SMARTS) is 1. The lowest BCUT2D eigenvalue weighted by molar-refractivity contribution is -0.149. The van der Waals surface area contributed by atoms with Crippen molar-refractivity contribution in [1.29, 1.82) is 0 Å². The van der Waals surface area contributed by atoms with E-state index in [1.807, 2.05) is 24.3 Å². The van der Waals surface area contributed by atoms with E-state index in [-0.39, 0.29) is 31.7 Å². The molecule has 2 aromatic rings. The average molecular weight is 529 g/mol. The van der Waals surface area contributed by atoms with Crippen LogP contribution in [0.2, 0.25) is 0 Å². The quantitative estimate of drug-likeness (QED) is 0.222. The first kappa shape index (κ1) is 28.6. The molecule has 12 nitrogen and oxygen atoms in total. The van der Waals surface area contributed by atoms with E-state index in [2.05, 4.69) is 15.6 Å². The fraction of sp³-hybridized carbons (Fsp3) is 0.500. The molecule has 1 aromatic heterocycles. The Morgan fingerprint density at radius 3 is 2.50 bits per heavy atom. The minimum atomic E-state index is -1.17. The van der Waals surface area contributed by atoms with Gasteiger partial charge in [0.25, 0.3) is 0 Å². The number of primary amides is 1. The van der Waals surface area contributed by atoms with Crippen molar-refractivity contribution in [2.75, 3.05) is 6.54 Å². The monoisotopic (exact) mass is 528 g/mol. The third kappa shape index (κ3) is 6.88. The van der Waals surface area contributed by atoms with Gasteiger partial charge in [0.2, 0.25) is 23.6 Å². The molecule has 0 radical (unpaired) electrons. The number of fused-ring (bicyclic) bond motifs is 1. The van der Waals surface area contributed by atoms with Crippen molar-refractivity contribution >= 4 is 40.5 Å².